The van der Waals surface area contributed by atoms with E-state index >= 15 is 0 Å². The number of nitrogens with one attached hydrogen (secondary N) is 1. The van der Waals surface area contributed by atoms with E-state index in [4.69, 9.17) is 4.74 Å². The maximum atomic E-state index is 13.3. The van der Waals surface area contributed by atoms with E-state index in [9.17, 15) is 9.18 Å². The first-order chi connectivity index (χ1) is 13.5. The summed E-state index contributed by atoms with van der Waals surface area (Å²) in [6, 6.07) is 13.7. The van der Waals surface area contributed by atoms with Gasteiger partial charge in [-0.3, -0.25) is 4.79 Å². The van der Waals surface area contributed by atoms with Crippen molar-refractivity contribution in [2.24, 2.45) is 0 Å². The predicted octanol–water partition coefficient (Wildman–Crippen LogP) is 4.18. The SMILES string of the molecule is COc1ccc(Nc2nnc(SCC(=O)N(C)Cc3cccc(F)c3)s2)cc1. The Bertz CT molecular complexity index is 934. The molecule has 28 heavy (non-hydrogen) atoms. The lowest BCUT2D eigenvalue weighted by molar-refractivity contribution is -0.127. The molecule has 0 saturated heterocycles. The van der Waals surface area contributed by atoms with E-state index in [0.29, 0.717) is 16.0 Å². The van der Waals surface area contributed by atoms with Gasteiger partial charge in [0.2, 0.25) is 11.0 Å². The van der Waals surface area contributed by atoms with Gasteiger partial charge in [0.05, 0.1) is 12.9 Å². The number of methoxy groups -OCH3 is 1. The number of hydrogen-bond acceptors (Lipinski definition) is 7. The number of hydrogen-bond donors (Lipinski definition) is 1. The first-order valence-corrected chi connectivity index (χ1v) is 10.2. The Morgan fingerprint density at radius 1 is 1.25 bits per heavy atom. The highest BCUT2D eigenvalue weighted by Crippen LogP contribution is 2.28. The standard InChI is InChI=1S/C19H19FN4O2S2/c1-24(11-13-4-3-5-14(20)10-13)17(25)12-27-19-23-22-18(28-19)21-15-6-8-16(26-2)9-7-15/h3-10H,11-12H2,1-2H3,(H,21,22). The molecule has 0 radical (unpaired) electrons. The summed E-state index contributed by atoms with van der Waals surface area (Å²) in [5.74, 6) is 0.649. The lowest BCUT2D eigenvalue weighted by atomic mass is 10.2. The van der Waals surface area contributed by atoms with Crippen LogP contribution in [0.2, 0.25) is 0 Å². The summed E-state index contributed by atoms with van der Waals surface area (Å²) in [6.07, 6.45) is 0. The minimum Gasteiger partial charge on any atom is -0.497 e. The molecule has 6 nitrogen and oxygen atoms in total. The second kappa shape index (κ2) is 9.52. The molecular weight excluding hydrogens is 399 g/mol. The van der Waals surface area contributed by atoms with Crippen LogP contribution in [0.5, 0.6) is 5.75 Å². The molecule has 0 spiro atoms. The quantitative estimate of drug-likeness (QED) is 0.554. The van der Waals surface area contributed by atoms with Crippen molar-refractivity contribution in [2.75, 3.05) is 25.2 Å². The molecule has 0 bridgehead atoms. The van der Waals surface area contributed by atoms with Crippen LogP contribution in [0.15, 0.2) is 52.9 Å². The smallest absolute Gasteiger partial charge is 0.233 e. The van der Waals surface area contributed by atoms with Crippen LogP contribution in [-0.4, -0.2) is 40.9 Å². The normalized spacial score (nSPS) is 10.5. The second-order valence-electron chi connectivity index (χ2n) is 5.90. The number of thioether (sulfide) groups is 1. The van der Waals surface area contributed by atoms with Gasteiger partial charge in [-0.2, -0.15) is 0 Å². The summed E-state index contributed by atoms with van der Waals surface area (Å²) in [5, 5.41) is 12.0. The summed E-state index contributed by atoms with van der Waals surface area (Å²) < 4.78 is 19.1. The first-order valence-electron chi connectivity index (χ1n) is 8.39. The van der Waals surface area contributed by atoms with Crippen LogP contribution in [0.1, 0.15) is 5.56 Å². The van der Waals surface area contributed by atoms with Gasteiger partial charge in [-0.05, 0) is 42.0 Å². The number of ether oxygens (including phenoxy) is 1. The average molecular weight is 419 g/mol. The zero-order chi connectivity index (χ0) is 19.9. The summed E-state index contributed by atoms with van der Waals surface area (Å²) in [5.41, 5.74) is 1.63. The number of anilines is 2. The fraction of sp³-hybridized carbons (Fsp3) is 0.211. The number of amides is 1. The fourth-order valence-electron chi connectivity index (χ4n) is 2.35. The van der Waals surface area contributed by atoms with Crippen LogP contribution >= 0.6 is 23.1 Å². The Hall–Kier alpha value is -2.65. The largest absolute Gasteiger partial charge is 0.497 e. The Morgan fingerprint density at radius 2 is 2.04 bits per heavy atom. The number of carbonyl (C=O) groups is 1. The summed E-state index contributed by atoms with van der Waals surface area (Å²) in [6.45, 7) is 0.359. The molecule has 1 N–H and O–H groups in total. The third-order valence-corrected chi connectivity index (χ3v) is 5.76. The van der Waals surface area contributed by atoms with Gasteiger partial charge >= 0.3 is 0 Å². The molecule has 0 aliphatic rings. The van der Waals surface area contributed by atoms with Crippen molar-refractivity contribution in [3.63, 3.8) is 0 Å². The van der Waals surface area contributed by atoms with Gasteiger partial charge in [0.25, 0.3) is 0 Å². The topological polar surface area (TPSA) is 67.3 Å². The van der Waals surface area contributed by atoms with Gasteiger partial charge in [0.15, 0.2) is 4.34 Å². The van der Waals surface area contributed by atoms with Crippen LogP contribution in [-0.2, 0) is 11.3 Å². The monoisotopic (exact) mass is 418 g/mol. The molecule has 0 aliphatic heterocycles. The lowest BCUT2D eigenvalue weighted by Gasteiger charge is -2.16. The average Bonchev–Trinajstić information content (AvgIpc) is 3.14. The Balaban J connectivity index is 1.49. The molecule has 3 aromatic rings. The van der Waals surface area contributed by atoms with E-state index in [1.807, 2.05) is 24.3 Å². The van der Waals surface area contributed by atoms with E-state index in [1.54, 1.807) is 31.2 Å². The van der Waals surface area contributed by atoms with Crippen LogP contribution in [0.3, 0.4) is 0 Å². The number of carbonyl (C=O) groups excluding carboxylic acids is 1. The lowest BCUT2D eigenvalue weighted by Crippen LogP contribution is -2.27. The van der Waals surface area contributed by atoms with E-state index in [1.165, 1.54) is 35.2 Å². The molecule has 1 amide bonds. The minimum absolute atomic E-state index is 0.0610. The van der Waals surface area contributed by atoms with Gasteiger partial charge in [-0.15, -0.1) is 10.2 Å². The molecule has 1 heterocycles. The Morgan fingerprint density at radius 3 is 2.75 bits per heavy atom. The van der Waals surface area contributed by atoms with Crippen LogP contribution in [0, 0.1) is 5.82 Å². The van der Waals surface area contributed by atoms with E-state index in [0.717, 1.165) is 17.0 Å². The highest BCUT2D eigenvalue weighted by molar-refractivity contribution is 8.01. The molecule has 9 heteroatoms. The molecule has 0 fully saturated rings. The van der Waals surface area contributed by atoms with Gasteiger partial charge in [-0.25, -0.2) is 4.39 Å². The van der Waals surface area contributed by atoms with Crippen LogP contribution < -0.4 is 10.1 Å². The summed E-state index contributed by atoms with van der Waals surface area (Å²) in [4.78, 5) is 13.9. The van der Waals surface area contributed by atoms with Gasteiger partial charge in [0, 0.05) is 19.3 Å². The summed E-state index contributed by atoms with van der Waals surface area (Å²) >= 11 is 2.70. The first kappa shape index (κ1) is 20.1. The maximum Gasteiger partial charge on any atom is 0.233 e. The zero-order valence-electron chi connectivity index (χ0n) is 15.4. The summed E-state index contributed by atoms with van der Waals surface area (Å²) in [7, 11) is 3.32. The number of rotatable bonds is 8. The van der Waals surface area contributed by atoms with Crippen molar-refractivity contribution in [2.45, 2.75) is 10.9 Å². The molecular formula is C19H19FN4O2S2. The molecule has 0 saturated carbocycles. The Kier molecular flexibility index (Phi) is 6.83. The highest BCUT2D eigenvalue weighted by atomic mass is 32.2. The van der Waals surface area contributed by atoms with E-state index in [2.05, 4.69) is 15.5 Å². The van der Waals surface area contributed by atoms with Gasteiger partial charge < -0.3 is 15.0 Å². The van der Waals surface area contributed by atoms with Crippen molar-refractivity contribution in [1.29, 1.82) is 0 Å². The van der Waals surface area contributed by atoms with Crippen molar-refractivity contribution in [3.8, 4) is 5.75 Å². The van der Waals surface area contributed by atoms with Crippen molar-refractivity contribution >= 4 is 39.8 Å². The molecule has 0 aliphatic carbocycles. The number of benzene rings is 2. The Labute approximate surface area is 170 Å². The van der Waals surface area contributed by atoms with E-state index in [-0.39, 0.29) is 17.5 Å². The van der Waals surface area contributed by atoms with Crippen LogP contribution in [0.25, 0.3) is 0 Å². The molecule has 2 aromatic carbocycles. The van der Waals surface area contributed by atoms with Crippen molar-refractivity contribution in [1.82, 2.24) is 15.1 Å². The molecule has 1 aromatic heterocycles. The van der Waals surface area contributed by atoms with Crippen molar-refractivity contribution in [3.05, 3.63) is 59.9 Å². The highest BCUT2D eigenvalue weighted by Gasteiger charge is 2.13. The minimum atomic E-state index is -0.307. The third-order valence-electron chi connectivity index (χ3n) is 3.80. The number of nitrogens with zero attached hydrogens (tertiary/aromatic N) is 3. The number of halogens is 1. The maximum absolute atomic E-state index is 13.3. The zero-order valence-corrected chi connectivity index (χ0v) is 17.0. The molecule has 0 unspecified atom stereocenters. The van der Waals surface area contributed by atoms with Crippen molar-refractivity contribution < 1.29 is 13.9 Å². The molecule has 0 atom stereocenters. The third kappa shape index (κ3) is 5.67. The van der Waals surface area contributed by atoms with E-state index < -0.39 is 0 Å². The van der Waals surface area contributed by atoms with Crippen LogP contribution in [0.4, 0.5) is 15.2 Å². The number of aromatic nitrogens is 2. The molecule has 146 valence electrons. The predicted molar refractivity (Wildman–Crippen MR) is 110 cm³/mol. The van der Waals surface area contributed by atoms with Gasteiger partial charge in [0.1, 0.15) is 11.6 Å². The second-order valence-corrected chi connectivity index (χ2v) is 8.10. The fourth-order valence-corrected chi connectivity index (χ4v) is 4.06. The van der Waals surface area contributed by atoms with Gasteiger partial charge in [-0.1, -0.05) is 35.2 Å². The molecule has 3 rings (SSSR count).